The highest BCUT2D eigenvalue weighted by atomic mass is 16.7. The van der Waals surface area contributed by atoms with E-state index in [1.54, 1.807) is 7.11 Å². The molecule has 5 rings (SSSR count). The Morgan fingerprint density at radius 2 is 1.74 bits per heavy atom. The van der Waals surface area contributed by atoms with E-state index in [-0.39, 0.29) is 31.2 Å². The summed E-state index contributed by atoms with van der Waals surface area (Å²) >= 11 is 0. The van der Waals surface area contributed by atoms with Crippen LogP contribution in [0.4, 0.5) is 4.79 Å². The number of hydrogen-bond acceptors (Lipinski definition) is 6. The number of ether oxygens (including phenoxy) is 3. The molecule has 2 fully saturated rings. The molecule has 2 saturated heterocycles. The van der Waals surface area contributed by atoms with Gasteiger partial charge in [0.1, 0.15) is 11.3 Å². The number of fused-ring (bicyclic) bond motifs is 1. The lowest BCUT2D eigenvalue weighted by molar-refractivity contribution is -0.134. The largest absolute Gasteiger partial charge is 0.496 e. The second kappa shape index (κ2) is 9.41. The van der Waals surface area contributed by atoms with Crippen LogP contribution in [0.2, 0.25) is 0 Å². The van der Waals surface area contributed by atoms with E-state index >= 15 is 0 Å². The summed E-state index contributed by atoms with van der Waals surface area (Å²) in [6.07, 6.45) is 2.32. The Kier molecular flexibility index (Phi) is 6.32. The van der Waals surface area contributed by atoms with Crippen molar-refractivity contribution in [3.63, 3.8) is 0 Å². The number of nitrogens with one attached hydrogen (secondary N) is 1. The minimum absolute atomic E-state index is 0.111. The Labute approximate surface area is 206 Å². The Bertz CT molecular complexity index is 1130. The number of carbonyl (C=O) groups is 2. The molecule has 0 aliphatic carbocycles. The van der Waals surface area contributed by atoms with Crippen LogP contribution in [0.1, 0.15) is 42.9 Å². The van der Waals surface area contributed by atoms with Gasteiger partial charge >= 0.3 is 6.03 Å². The fourth-order valence-electron chi connectivity index (χ4n) is 5.70. The number of rotatable bonds is 7. The van der Waals surface area contributed by atoms with E-state index < -0.39 is 5.54 Å². The molecule has 1 N–H and O–H groups in total. The highest BCUT2D eigenvalue weighted by Crippen LogP contribution is 2.38. The van der Waals surface area contributed by atoms with Crippen molar-refractivity contribution >= 4 is 11.9 Å². The lowest BCUT2D eigenvalue weighted by Crippen LogP contribution is -2.55. The van der Waals surface area contributed by atoms with Crippen molar-refractivity contribution in [2.45, 2.75) is 51.7 Å². The number of carbonyl (C=O) groups excluding carboxylic acids is 2. The molecular formula is C27H33N3O5. The monoisotopic (exact) mass is 479 g/mol. The molecule has 8 heteroatoms. The predicted octanol–water partition coefficient (Wildman–Crippen LogP) is 3.85. The predicted molar refractivity (Wildman–Crippen MR) is 130 cm³/mol. The van der Waals surface area contributed by atoms with Crippen LogP contribution in [0, 0.1) is 12.8 Å². The Hall–Kier alpha value is -3.26. The number of benzene rings is 2. The lowest BCUT2D eigenvalue weighted by atomic mass is 9.75. The van der Waals surface area contributed by atoms with Gasteiger partial charge in [0.05, 0.1) is 13.7 Å². The first-order chi connectivity index (χ1) is 16.9. The van der Waals surface area contributed by atoms with Crippen LogP contribution >= 0.6 is 0 Å². The zero-order valence-corrected chi connectivity index (χ0v) is 20.6. The van der Waals surface area contributed by atoms with Gasteiger partial charge in [-0.15, -0.1) is 0 Å². The molecule has 186 valence electrons. The maximum Gasteiger partial charge on any atom is 0.325 e. The fourth-order valence-corrected chi connectivity index (χ4v) is 5.70. The van der Waals surface area contributed by atoms with Crippen molar-refractivity contribution in [3.8, 4) is 17.2 Å². The quantitative estimate of drug-likeness (QED) is 0.608. The topological polar surface area (TPSA) is 80.3 Å². The number of urea groups is 1. The summed E-state index contributed by atoms with van der Waals surface area (Å²) in [5, 5.41) is 3.09. The minimum Gasteiger partial charge on any atom is -0.496 e. The van der Waals surface area contributed by atoms with Crippen molar-refractivity contribution in [3.05, 3.63) is 53.1 Å². The van der Waals surface area contributed by atoms with Gasteiger partial charge in [-0.25, -0.2) is 4.79 Å². The number of piperidine rings is 1. The highest BCUT2D eigenvalue weighted by Gasteiger charge is 2.54. The summed E-state index contributed by atoms with van der Waals surface area (Å²) in [4.78, 5) is 30.4. The summed E-state index contributed by atoms with van der Waals surface area (Å²) in [5.41, 5.74) is 2.39. The molecule has 8 nitrogen and oxygen atoms in total. The number of imide groups is 1. The van der Waals surface area contributed by atoms with Crippen LogP contribution in [0.15, 0.2) is 36.4 Å². The average molecular weight is 480 g/mol. The summed E-state index contributed by atoms with van der Waals surface area (Å²) < 4.78 is 16.2. The second-order valence-electron chi connectivity index (χ2n) is 9.69. The van der Waals surface area contributed by atoms with E-state index in [4.69, 9.17) is 14.2 Å². The van der Waals surface area contributed by atoms with Crippen molar-refractivity contribution in [1.29, 1.82) is 0 Å². The van der Waals surface area contributed by atoms with Crippen LogP contribution in [-0.4, -0.2) is 54.3 Å². The number of hydrogen-bond donors (Lipinski definition) is 1. The summed E-state index contributed by atoms with van der Waals surface area (Å²) in [5.74, 6) is 2.23. The van der Waals surface area contributed by atoms with Crippen molar-refractivity contribution in [2.24, 2.45) is 5.92 Å². The van der Waals surface area contributed by atoms with Crippen molar-refractivity contribution < 1.29 is 23.8 Å². The van der Waals surface area contributed by atoms with E-state index in [1.807, 2.05) is 31.2 Å². The maximum absolute atomic E-state index is 13.6. The van der Waals surface area contributed by atoms with Gasteiger partial charge in [-0.3, -0.25) is 14.6 Å². The number of methoxy groups -OCH3 is 1. The number of likely N-dealkylation sites (tertiary alicyclic amines) is 1. The molecule has 0 saturated carbocycles. The first kappa shape index (κ1) is 23.5. The Morgan fingerprint density at radius 3 is 2.46 bits per heavy atom. The van der Waals surface area contributed by atoms with Crippen LogP contribution in [0.3, 0.4) is 0 Å². The third-order valence-corrected chi connectivity index (χ3v) is 7.69. The van der Waals surface area contributed by atoms with E-state index in [1.165, 1.54) is 10.5 Å². The molecule has 2 aromatic carbocycles. The van der Waals surface area contributed by atoms with Crippen LogP contribution in [0.5, 0.6) is 17.2 Å². The molecule has 0 spiro atoms. The van der Waals surface area contributed by atoms with Gasteiger partial charge in [0.25, 0.3) is 5.91 Å². The SMILES string of the molecule is CC[C@]1(C2CCN(Cc3ccc(OC)c(C)c3)CC2)NC(=O)N(Cc2ccc3c(c2)OCO3)C1=O. The van der Waals surface area contributed by atoms with Gasteiger partial charge < -0.3 is 19.5 Å². The molecule has 0 unspecified atom stereocenters. The normalized spacial score (nSPS) is 22.5. The molecule has 0 aromatic heterocycles. The molecule has 35 heavy (non-hydrogen) atoms. The standard InChI is InChI=1S/C27H33N3O5/c1-4-27(21-9-11-29(12-10-21)15-19-5-7-22(33-3)18(2)13-19)25(31)30(26(32)28-27)16-20-6-8-23-24(14-20)35-17-34-23/h5-8,13-14,21H,4,9-12,15-17H2,1-3H3,(H,28,32)/t27-/m1/s1. The van der Waals surface area contributed by atoms with E-state index in [0.717, 1.165) is 49.4 Å². The summed E-state index contributed by atoms with van der Waals surface area (Å²) in [6.45, 7) is 7.12. The number of aryl methyl sites for hydroxylation is 1. The zero-order chi connectivity index (χ0) is 24.6. The molecule has 0 radical (unpaired) electrons. The molecular weight excluding hydrogens is 446 g/mol. The molecule has 2 aromatic rings. The molecule has 3 aliphatic heterocycles. The van der Waals surface area contributed by atoms with Gasteiger partial charge in [0.15, 0.2) is 11.5 Å². The second-order valence-corrected chi connectivity index (χ2v) is 9.69. The first-order valence-electron chi connectivity index (χ1n) is 12.3. The minimum atomic E-state index is -0.837. The molecule has 0 bridgehead atoms. The average Bonchev–Trinajstić information content (AvgIpc) is 3.43. The van der Waals surface area contributed by atoms with Crippen LogP contribution < -0.4 is 19.5 Å². The summed E-state index contributed by atoms with van der Waals surface area (Å²) in [7, 11) is 1.69. The van der Waals surface area contributed by atoms with E-state index in [2.05, 4.69) is 29.3 Å². The Balaban J connectivity index is 1.24. The lowest BCUT2D eigenvalue weighted by Gasteiger charge is -2.40. The first-order valence-corrected chi connectivity index (χ1v) is 12.3. The third-order valence-electron chi connectivity index (χ3n) is 7.69. The highest BCUT2D eigenvalue weighted by molar-refractivity contribution is 6.07. The van der Waals surface area contributed by atoms with Gasteiger partial charge in [0, 0.05) is 6.54 Å². The smallest absolute Gasteiger partial charge is 0.325 e. The van der Waals surface area contributed by atoms with Crippen LogP contribution in [-0.2, 0) is 17.9 Å². The number of nitrogens with zero attached hydrogens (tertiary/aromatic N) is 2. The van der Waals surface area contributed by atoms with Gasteiger partial charge in [0.2, 0.25) is 6.79 Å². The van der Waals surface area contributed by atoms with Crippen molar-refractivity contribution in [2.75, 3.05) is 27.0 Å². The summed E-state index contributed by atoms with van der Waals surface area (Å²) in [6, 6.07) is 11.5. The van der Waals surface area contributed by atoms with Gasteiger partial charge in [-0.2, -0.15) is 0 Å². The maximum atomic E-state index is 13.6. The molecule has 3 heterocycles. The number of amides is 3. The van der Waals surface area contributed by atoms with Gasteiger partial charge in [-0.1, -0.05) is 25.1 Å². The third kappa shape index (κ3) is 4.31. The van der Waals surface area contributed by atoms with E-state index in [0.29, 0.717) is 17.9 Å². The zero-order valence-electron chi connectivity index (χ0n) is 20.6. The van der Waals surface area contributed by atoms with Crippen LogP contribution in [0.25, 0.3) is 0 Å². The fraction of sp³-hybridized carbons (Fsp3) is 0.481. The van der Waals surface area contributed by atoms with Crippen molar-refractivity contribution in [1.82, 2.24) is 15.1 Å². The van der Waals surface area contributed by atoms with Gasteiger partial charge in [-0.05, 0) is 80.1 Å². The molecule has 3 aliphatic rings. The molecule has 3 amide bonds. The Morgan fingerprint density at radius 1 is 1.03 bits per heavy atom. The van der Waals surface area contributed by atoms with E-state index in [9.17, 15) is 9.59 Å². The molecule has 1 atom stereocenters.